The van der Waals surface area contributed by atoms with Gasteiger partial charge in [-0.05, 0) is 18.2 Å². The van der Waals surface area contributed by atoms with Gasteiger partial charge in [0.1, 0.15) is 11.6 Å². The molecule has 2 rings (SSSR count). The summed E-state index contributed by atoms with van der Waals surface area (Å²) >= 11 is 1.14. The van der Waals surface area contributed by atoms with Crippen molar-refractivity contribution in [1.29, 1.82) is 5.26 Å². The highest BCUT2D eigenvalue weighted by Crippen LogP contribution is 2.34. The molecule has 0 amide bonds. The van der Waals surface area contributed by atoms with Gasteiger partial charge in [0, 0.05) is 28.0 Å². The molecule has 0 saturated carbocycles. The second-order valence-corrected chi connectivity index (χ2v) is 4.99. The number of nitriles is 1. The van der Waals surface area contributed by atoms with Gasteiger partial charge in [0.25, 0.3) is 11.4 Å². The maximum atomic E-state index is 10.9. The molecule has 2 aromatic carbocycles. The lowest BCUT2D eigenvalue weighted by atomic mass is 10.2. The molecule has 104 valence electrons. The van der Waals surface area contributed by atoms with Gasteiger partial charge < -0.3 is 0 Å². The zero-order valence-corrected chi connectivity index (χ0v) is 11.2. The first kappa shape index (κ1) is 14.5. The molecule has 0 radical (unpaired) electrons. The summed E-state index contributed by atoms with van der Waals surface area (Å²) < 4.78 is 0. The van der Waals surface area contributed by atoms with Gasteiger partial charge in [-0.25, -0.2) is 0 Å². The van der Waals surface area contributed by atoms with Crippen LogP contribution in [0, 0.1) is 31.6 Å². The molecule has 0 atom stereocenters. The van der Waals surface area contributed by atoms with Gasteiger partial charge in [-0.15, -0.1) is 0 Å². The third-order valence-corrected chi connectivity index (χ3v) is 3.66. The van der Waals surface area contributed by atoms with Crippen LogP contribution in [0.1, 0.15) is 5.56 Å². The van der Waals surface area contributed by atoms with E-state index in [0.29, 0.717) is 9.79 Å². The van der Waals surface area contributed by atoms with Gasteiger partial charge in [0.2, 0.25) is 0 Å². The average molecular weight is 301 g/mol. The van der Waals surface area contributed by atoms with Crippen molar-refractivity contribution in [1.82, 2.24) is 0 Å². The van der Waals surface area contributed by atoms with Crippen molar-refractivity contribution in [3.63, 3.8) is 0 Å². The largest absolute Gasteiger partial charge is 0.288 e. The maximum Gasteiger partial charge on any atom is 0.288 e. The van der Waals surface area contributed by atoms with Crippen LogP contribution in [0.25, 0.3) is 0 Å². The van der Waals surface area contributed by atoms with Crippen molar-refractivity contribution in [3.8, 4) is 6.07 Å². The van der Waals surface area contributed by atoms with Gasteiger partial charge in [0.05, 0.1) is 9.85 Å². The molecule has 0 saturated heterocycles. The van der Waals surface area contributed by atoms with E-state index in [0.717, 1.165) is 11.8 Å². The molecule has 0 unspecified atom stereocenters. The van der Waals surface area contributed by atoms with Crippen molar-refractivity contribution in [2.24, 2.45) is 0 Å². The Labute approximate surface area is 123 Å². The van der Waals surface area contributed by atoms with E-state index in [1.165, 1.54) is 36.4 Å². The molecule has 0 aliphatic carbocycles. The van der Waals surface area contributed by atoms with Crippen LogP contribution in [-0.4, -0.2) is 9.85 Å². The SMILES string of the molecule is N#Cc1c(Sc2ccc([N+](=O)[O-])cc2)cccc1[N+](=O)[O-]. The maximum absolute atomic E-state index is 10.9. The van der Waals surface area contributed by atoms with Crippen molar-refractivity contribution in [2.45, 2.75) is 9.79 Å². The van der Waals surface area contributed by atoms with E-state index in [9.17, 15) is 20.2 Å². The number of benzene rings is 2. The van der Waals surface area contributed by atoms with Gasteiger partial charge in [-0.2, -0.15) is 5.26 Å². The number of nitro benzene ring substituents is 2. The minimum atomic E-state index is -0.613. The summed E-state index contributed by atoms with van der Waals surface area (Å²) in [5.41, 5.74) is -0.325. The Morgan fingerprint density at radius 2 is 1.67 bits per heavy atom. The molecule has 0 spiro atoms. The van der Waals surface area contributed by atoms with E-state index in [2.05, 4.69) is 0 Å². The molecule has 0 bridgehead atoms. The number of hydrogen-bond donors (Lipinski definition) is 0. The molecular weight excluding hydrogens is 294 g/mol. The van der Waals surface area contributed by atoms with E-state index in [-0.39, 0.29) is 16.9 Å². The van der Waals surface area contributed by atoms with Crippen LogP contribution in [0.15, 0.2) is 52.3 Å². The van der Waals surface area contributed by atoms with Crippen LogP contribution in [0.4, 0.5) is 11.4 Å². The molecule has 0 aromatic heterocycles. The number of rotatable bonds is 4. The third-order valence-electron chi connectivity index (χ3n) is 2.59. The lowest BCUT2D eigenvalue weighted by molar-refractivity contribution is -0.385. The van der Waals surface area contributed by atoms with Gasteiger partial charge in [0.15, 0.2) is 0 Å². The lowest BCUT2D eigenvalue weighted by Gasteiger charge is -2.04. The van der Waals surface area contributed by atoms with Gasteiger partial charge >= 0.3 is 0 Å². The Bertz CT molecular complexity index is 753. The fourth-order valence-corrected chi connectivity index (χ4v) is 2.56. The topological polar surface area (TPSA) is 110 Å². The summed E-state index contributed by atoms with van der Waals surface area (Å²) in [4.78, 5) is 21.4. The minimum Gasteiger partial charge on any atom is -0.258 e. The second-order valence-electron chi connectivity index (χ2n) is 3.87. The quantitative estimate of drug-likeness (QED) is 0.631. The summed E-state index contributed by atoms with van der Waals surface area (Å²) in [5.74, 6) is 0. The third kappa shape index (κ3) is 3.16. The molecule has 2 aromatic rings. The molecule has 8 heteroatoms. The summed E-state index contributed by atoms with van der Waals surface area (Å²) in [6.45, 7) is 0. The Balaban J connectivity index is 2.36. The van der Waals surface area contributed by atoms with Crippen LogP contribution in [-0.2, 0) is 0 Å². The van der Waals surface area contributed by atoms with Gasteiger partial charge in [-0.3, -0.25) is 20.2 Å². The average Bonchev–Trinajstić information content (AvgIpc) is 2.47. The number of non-ortho nitro benzene ring substituents is 1. The molecule has 0 fully saturated rings. The normalized spacial score (nSPS) is 9.86. The van der Waals surface area contributed by atoms with E-state index in [1.807, 2.05) is 6.07 Å². The monoisotopic (exact) mass is 301 g/mol. The molecule has 7 nitrogen and oxygen atoms in total. The van der Waals surface area contributed by atoms with Crippen LogP contribution >= 0.6 is 11.8 Å². The predicted molar refractivity (Wildman–Crippen MR) is 75.0 cm³/mol. The summed E-state index contributed by atoms with van der Waals surface area (Å²) in [6, 6.07) is 11.9. The number of nitro groups is 2. The summed E-state index contributed by atoms with van der Waals surface area (Å²) in [7, 11) is 0. The van der Waals surface area contributed by atoms with Crippen LogP contribution in [0.2, 0.25) is 0 Å². The van der Waals surface area contributed by atoms with E-state index >= 15 is 0 Å². The van der Waals surface area contributed by atoms with Crippen molar-refractivity contribution in [3.05, 3.63) is 68.3 Å². The Hall–Kier alpha value is -2.92. The first-order chi connectivity index (χ1) is 10.0. The van der Waals surface area contributed by atoms with Crippen molar-refractivity contribution in [2.75, 3.05) is 0 Å². The highest BCUT2D eigenvalue weighted by molar-refractivity contribution is 7.99. The summed E-state index contributed by atoms with van der Waals surface area (Å²) in [5, 5.41) is 30.5. The van der Waals surface area contributed by atoms with Crippen molar-refractivity contribution < 1.29 is 9.85 Å². The first-order valence-electron chi connectivity index (χ1n) is 5.62. The summed E-state index contributed by atoms with van der Waals surface area (Å²) in [6.07, 6.45) is 0. The predicted octanol–water partition coefficient (Wildman–Crippen LogP) is 3.53. The lowest BCUT2D eigenvalue weighted by Crippen LogP contribution is -1.93. The minimum absolute atomic E-state index is 0.0224. The fraction of sp³-hybridized carbons (Fsp3) is 0. The molecule has 0 N–H and O–H groups in total. The van der Waals surface area contributed by atoms with Crippen LogP contribution in [0.3, 0.4) is 0 Å². The van der Waals surface area contributed by atoms with E-state index in [1.54, 1.807) is 6.07 Å². The zero-order valence-electron chi connectivity index (χ0n) is 10.4. The molecule has 0 heterocycles. The van der Waals surface area contributed by atoms with Gasteiger partial charge in [-0.1, -0.05) is 17.8 Å². The standard InChI is InChI=1S/C13H7N3O4S/c14-8-11-12(16(19)20)2-1-3-13(11)21-10-6-4-9(5-7-10)15(17)18/h1-7H. The molecular formula is C13H7N3O4S. The highest BCUT2D eigenvalue weighted by atomic mass is 32.2. The van der Waals surface area contributed by atoms with Crippen molar-refractivity contribution >= 4 is 23.1 Å². The molecule has 21 heavy (non-hydrogen) atoms. The smallest absolute Gasteiger partial charge is 0.258 e. The zero-order chi connectivity index (χ0) is 15.4. The molecule has 0 aliphatic rings. The first-order valence-corrected chi connectivity index (χ1v) is 6.44. The highest BCUT2D eigenvalue weighted by Gasteiger charge is 2.18. The Morgan fingerprint density at radius 3 is 2.19 bits per heavy atom. The Kier molecular flexibility index (Phi) is 4.15. The van der Waals surface area contributed by atoms with Crippen LogP contribution in [0.5, 0.6) is 0 Å². The fourth-order valence-electron chi connectivity index (χ4n) is 1.63. The van der Waals surface area contributed by atoms with Crippen LogP contribution < -0.4 is 0 Å². The Morgan fingerprint density at radius 1 is 1.00 bits per heavy atom. The number of nitrogens with zero attached hydrogens (tertiary/aromatic N) is 3. The molecule has 0 aliphatic heterocycles. The van der Waals surface area contributed by atoms with E-state index in [4.69, 9.17) is 5.26 Å². The van der Waals surface area contributed by atoms with E-state index < -0.39 is 9.85 Å². The second kappa shape index (κ2) is 6.02. The number of hydrogen-bond acceptors (Lipinski definition) is 6.